The van der Waals surface area contributed by atoms with Crippen molar-refractivity contribution in [2.24, 2.45) is 0 Å². The van der Waals surface area contributed by atoms with Crippen LogP contribution in [0.25, 0.3) is 0 Å². The maximum Gasteiger partial charge on any atom is 0.115 e. The molecule has 0 radical (unpaired) electrons. The van der Waals surface area contributed by atoms with Crippen LogP contribution in [-0.4, -0.2) is 9.97 Å². The fourth-order valence-corrected chi connectivity index (χ4v) is 0.660. The van der Waals surface area contributed by atoms with Crippen molar-refractivity contribution in [3.05, 3.63) is 24.3 Å². The second-order valence-electron chi connectivity index (χ2n) is 1.85. The van der Waals surface area contributed by atoms with E-state index < -0.39 is 0 Å². The Labute approximate surface area is 59.8 Å². The molecule has 1 rings (SSSR count). The zero-order valence-corrected chi connectivity index (χ0v) is 6.05. The first-order valence-electron chi connectivity index (χ1n) is 2.73. The van der Waals surface area contributed by atoms with Gasteiger partial charge in [0.1, 0.15) is 6.33 Å². The zero-order valence-electron chi connectivity index (χ0n) is 5.15. The molecule has 0 saturated heterocycles. The lowest BCUT2D eigenvalue weighted by molar-refractivity contribution is 1.03. The van der Waals surface area contributed by atoms with Crippen molar-refractivity contribution in [3.63, 3.8) is 0 Å². The SMILES string of the molecule is C[C@H](S)c1cncnc1. The Bertz CT molecular complexity index is 174. The van der Waals surface area contributed by atoms with Gasteiger partial charge in [0, 0.05) is 23.2 Å². The minimum atomic E-state index is 0.228. The molecule has 0 saturated carbocycles. The van der Waals surface area contributed by atoms with Crippen LogP contribution in [-0.2, 0) is 0 Å². The molecule has 9 heavy (non-hydrogen) atoms. The molecule has 0 N–H and O–H groups in total. The molecule has 1 aromatic heterocycles. The maximum atomic E-state index is 4.21. The van der Waals surface area contributed by atoms with E-state index in [0.29, 0.717) is 0 Å². The lowest BCUT2D eigenvalue weighted by Crippen LogP contribution is -1.86. The molecule has 1 aromatic rings. The van der Waals surface area contributed by atoms with Crippen molar-refractivity contribution in [1.82, 2.24) is 9.97 Å². The van der Waals surface area contributed by atoms with E-state index in [1.54, 1.807) is 12.4 Å². The van der Waals surface area contributed by atoms with Crippen LogP contribution in [0, 0.1) is 0 Å². The maximum absolute atomic E-state index is 4.21. The van der Waals surface area contributed by atoms with Crippen molar-refractivity contribution >= 4 is 12.6 Å². The third-order valence-corrected chi connectivity index (χ3v) is 1.36. The largest absolute Gasteiger partial charge is 0.245 e. The lowest BCUT2D eigenvalue weighted by Gasteiger charge is -1.99. The number of nitrogens with zero attached hydrogens (tertiary/aromatic N) is 2. The van der Waals surface area contributed by atoms with Gasteiger partial charge < -0.3 is 0 Å². The molecule has 1 atom stereocenters. The van der Waals surface area contributed by atoms with Gasteiger partial charge in [-0.25, -0.2) is 9.97 Å². The van der Waals surface area contributed by atoms with Crippen LogP contribution in [0.15, 0.2) is 18.7 Å². The van der Waals surface area contributed by atoms with Gasteiger partial charge in [-0.1, -0.05) is 0 Å². The summed E-state index contributed by atoms with van der Waals surface area (Å²) in [5, 5.41) is 0.228. The molecule has 0 unspecified atom stereocenters. The molecule has 2 nitrogen and oxygen atoms in total. The van der Waals surface area contributed by atoms with Crippen molar-refractivity contribution in [2.45, 2.75) is 12.2 Å². The Morgan fingerprint density at radius 2 is 2.00 bits per heavy atom. The highest BCUT2D eigenvalue weighted by Crippen LogP contribution is 2.14. The number of hydrogen-bond donors (Lipinski definition) is 1. The first-order chi connectivity index (χ1) is 4.30. The molecule has 0 aromatic carbocycles. The standard InChI is InChI=1S/C6H8N2S/c1-5(9)6-2-7-4-8-3-6/h2-5,9H,1H3/t5-/m0/s1. The summed E-state index contributed by atoms with van der Waals surface area (Å²) < 4.78 is 0. The van der Waals surface area contributed by atoms with Gasteiger partial charge in [-0.2, -0.15) is 12.6 Å². The minimum Gasteiger partial charge on any atom is -0.245 e. The third kappa shape index (κ3) is 1.68. The molecule has 48 valence electrons. The predicted molar refractivity (Wildman–Crippen MR) is 39.4 cm³/mol. The predicted octanol–water partition coefficient (Wildman–Crippen LogP) is 1.47. The highest BCUT2D eigenvalue weighted by Gasteiger charge is 1.96. The van der Waals surface area contributed by atoms with E-state index in [9.17, 15) is 0 Å². The van der Waals surface area contributed by atoms with Crippen LogP contribution in [0.4, 0.5) is 0 Å². The molecule has 0 aliphatic heterocycles. The second-order valence-corrected chi connectivity index (χ2v) is 2.62. The van der Waals surface area contributed by atoms with Gasteiger partial charge in [0.25, 0.3) is 0 Å². The first-order valence-corrected chi connectivity index (χ1v) is 3.25. The highest BCUT2D eigenvalue weighted by molar-refractivity contribution is 7.80. The van der Waals surface area contributed by atoms with Gasteiger partial charge in [0.2, 0.25) is 0 Å². The molecular weight excluding hydrogens is 132 g/mol. The van der Waals surface area contributed by atoms with E-state index in [1.165, 1.54) is 6.33 Å². The molecule has 3 heteroatoms. The molecule has 1 heterocycles. The average Bonchev–Trinajstić information content (AvgIpc) is 1.90. The van der Waals surface area contributed by atoms with E-state index in [-0.39, 0.29) is 5.25 Å². The Morgan fingerprint density at radius 3 is 2.33 bits per heavy atom. The normalized spacial score (nSPS) is 13.1. The smallest absolute Gasteiger partial charge is 0.115 e. The van der Waals surface area contributed by atoms with Crippen LogP contribution >= 0.6 is 12.6 Å². The third-order valence-electron chi connectivity index (χ3n) is 1.06. The van der Waals surface area contributed by atoms with Gasteiger partial charge in [-0.05, 0) is 6.92 Å². The number of rotatable bonds is 1. The fourth-order valence-electron chi connectivity index (χ4n) is 0.526. The van der Waals surface area contributed by atoms with Crippen LogP contribution in [0.3, 0.4) is 0 Å². The van der Waals surface area contributed by atoms with Crippen molar-refractivity contribution < 1.29 is 0 Å². The fraction of sp³-hybridized carbons (Fsp3) is 0.333. The van der Waals surface area contributed by atoms with E-state index >= 15 is 0 Å². The summed E-state index contributed by atoms with van der Waals surface area (Å²) in [7, 11) is 0. The summed E-state index contributed by atoms with van der Waals surface area (Å²) in [6.45, 7) is 1.99. The van der Waals surface area contributed by atoms with Gasteiger partial charge in [0.05, 0.1) is 0 Å². The Balaban J connectivity index is 2.85. The van der Waals surface area contributed by atoms with Gasteiger partial charge >= 0.3 is 0 Å². The monoisotopic (exact) mass is 140 g/mol. The summed E-state index contributed by atoms with van der Waals surface area (Å²) in [4.78, 5) is 7.69. The summed E-state index contributed by atoms with van der Waals surface area (Å²) in [6.07, 6.45) is 5.05. The molecule has 0 aliphatic carbocycles. The topological polar surface area (TPSA) is 25.8 Å². The summed E-state index contributed by atoms with van der Waals surface area (Å²) in [6, 6.07) is 0. The van der Waals surface area contributed by atoms with E-state index in [4.69, 9.17) is 0 Å². The molecule has 0 spiro atoms. The van der Waals surface area contributed by atoms with Crippen molar-refractivity contribution in [2.75, 3.05) is 0 Å². The van der Waals surface area contributed by atoms with Crippen LogP contribution < -0.4 is 0 Å². The average molecular weight is 140 g/mol. The van der Waals surface area contributed by atoms with E-state index in [1.807, 2.05) is 6.92 Å². The van der Waals surface area contributed by atoms with Crippen LogP contribution in [0.1, 0.15) is 17.7 Å². The van der Waals surface area contributed by atoms with Crippen molar-refractivity contribution in [3.8, 4) is 0 Å². The summed E-state index contributed by atoms with van der Waals surface area (Å²) in [5.74, 6) is 0. The Morgan fingerprint density at radius 1 is 1.44 bits per heavy atom. The molecular formula is C6H8N2S. The van der Waals surface area contributed by atoms with Gasteiger partial charge in [-0.3, -0.25) is 0 Å². The molecule has 0 fully saturated rings. The number of hydrogen-bond acceptors (Lipinski definition) is 3. The Hall–Kier alpha value is -0.570. The Kier molecular flexibility index (Phi) is 2.05. The number of aromatic nitrogens is 2. The molecule has 0 bridgehead atoms. The second kappa shape index (κ2) is 2.82. The first kappa shape index (κ1) is 6.55. The highest BCUT2D eigenvalue weighted by atomic mass is 32.1. The molecule has 0 amide bonds. The van der Waals surface area contributed by atoms with Gasteiger partial charge in [-0.15, -0.1) is 0 Å². The number of thiol groups is 1. The quantitative estimate of drug-likeness (QED) is 0.598. The van der Waals surface area contributed by atoms with Crippen LogP contribution in [0.2, 0.25) is 0 Å². The van der Waals surface area contributed by atoms with E-state index in [0.717, 1.165) is 5.56 Å². The zero-order chi connectivity index (χ0) is 6.69. The van der Waals surface area contributed by atoms with Crippen molar-refractivity contribution in [1.29, 1.82) is 0 Å². The minimum absolute atomic E-state index is 0.228. The van der Waals surface area contributed by atoms with Crippen LogP contribution in [0.5, 0.6) is 0 Å². The lowest BCUT2D eigenvalue weighted by atomic mass is 10.3. The van der Waals surface area contributed by atoms with E-state index in [2.05, 4.69) is 22.6 Å². The summed E-state index contributed by atoms with van der Waals surface area (Å²) >= 11 is 4.21. The summed E-state index contributed by atoms with van der Waals surface area (Å²) in [5.41, 5.74) is 1.06. The molecule has 0 aliphatic rings. The van der Waals surface area contributed by atoms with Gasteiger partial charge in [0.15, 0.2) is 0 Å².